The van der Waals surface area contributed by atoms with E-state index in [0.717, 1.165) is 16.9 Å². The molecule has 102 heavy (non-hydrogen) atoms. The molecule has 546 valence electrons. The van der Waals surface area contributed by atoms with Crippen LogP contribution in [0.15, 0.2) is 97.1 Å². The first-order valence-corrected chi connectivity index (χ1v) is 35.0. The fraction of sp³-hybridized carbons (Fsp3) is 0.429. The number of halogens is 2. The number of primary amides is 1. The molecule has 0 bridgehead atoms. The number of urea groups is 1. The van der Waals surface area contributed by atoms with E-state index in [0.29, 0.717) is 75.5 Å². The van der Waals surface area contributed by atoms with Gasteiger partial charge < -0.3 is 97.0 Å². The average molecular weight is 1470 g/mol. The van der Waals surface area contributed by atoms with Crippen LogP contribution < -0.4 is 57.3 Å². The summed E-state index contributed by atoms with van der Waals surface area (Å²) in [6.07, 6.45) is -9.16. The number of carboxylic acid groups (broad SMARTS) is 1. The summed E-state index contributed by atoms with van der Waals surface area (Å²) in [5, 5.41) is 57.2. The molecule has 5 aromatic carbocycles. The highest BCUT2D eigenvalue weighted by Crippen LogP contribution is 2.49. The van der Waals surface area contributed by atoms with Gasteiger partial charge in [-0.3, -0.25) is 28.8 Å². The second-order valence-electron chi connectivity index (χ2n) is 25.5. The zero-order chi connectivity index (χ0) is 73.8. The topological polar surface area (TPSA) is 414 Å². The van der Waals surface area contributed by atoms with E-state index in [9.17, 15) is 68.4 Å². The molecule has 13 N–H and O–H groups in total. The van der Waals surface area contributed by atoms with Crippen molar-refractivity contribution in [1.82, 2.24) is 31.1 Å². The van der Waals surface area contributed by atoms with Crippen LogP contribution in [0.1, 0.15) is 101 Å². The summed E-state index contributed by atoms with van der Waals surface area (Å²) in [5.74, 6) is -5.51. The molecule has 9 rings (SSSR count). The molecule has 1 aromatic heterocycles. The van der Waals surface area contributed by atoms with Crippen molar-refractivity contribution in [3.63, 3.8) is 0 Å². The van der Waals surface area contributed by atoms with Crippen LogP contribution >= 0.6 is 34.5 Å². The van der Waals surface area contributed by atoms with Gasteiger partial charge in [0.2, 0.25) is 29.9 Å². The molecule has 10 amide bonds. The minimum absolute atomic E-state index is 0.00295. The highest BCUT2D eigenvalue weighted by atomic mass is 35.5. The Labute approximate surface area is 601 Å². The average Bonchev–Trinajstić information content (AvgIpc) is 1.56. The first kappa shape index (κ1) is 76.8. The lowest BCUT2D eigenvalue weighted by molar-refractivity contribution is -0.270. The summed E-state index contributed by atoms with van der Waals surface area (Å²) < 4.78 is 23.2. The molecule has 29 nitrogen and oxygen atoms in total. The van der Waals surface area contributed by atoms with Gasteiger partial charge in [-0.05, 0) is 96.3 Å². The molecular weight excluding hydrogens is 1390 g/mol. The summed E-state index contributed by atoms with van der Waals surface area (Å²) in [6.45, 7) is 5.33. The van der Waals surface area contributed by atoms with Crippen LogP contribution in [-0.4, -0.2) is 204 Å². The van der Waals surface area contributed by atoms with Crippen molar-refractivity contribution >= 4 is 133 Å². The van der Waals surface area contributed by atoms with Crippen LogP contribution in [0.25, 0.3) is 21.5 Å². The number of nitrogens with one attached hydrogen (secondary N) is 5. The molecule has 3 aliphatic heterocycles. The number of aliphatic carboxylic acids is 1. The van der Waals surface area contributed by atoms with E-state index in [4.69, 9.17) is 53.6 Å². The molecule has 6 aromatic rings. The number of nitrogens with zero attached hydrogens (tertiary/aromatic N) is 4. The molecule has 3 aliphatic rings. The normalized spacial score (nSPS) is 19.2. The van der Waals surface area contributed by atoms with Crippen molar-refractivity contribution in [3.8, 4) is 11.5 Å². The molecular formula is C70H83Cl2N11O18S. The summed E-state index contributed by atoms with van der Waals surface area (Å²) in [6, 6.07) is 22.9. The number of unbranched alkanes of at least 4 members (excludes halogenated alkanes) is 1. The maximum atomic E-state index is 14.8. The predicted octanol–water partition coefficient (Wildman–Crippen LogP) is 5.64. The van der Waals surface area contributed by atoms with Gasteiger partial charge in [-0.15, -0.1) is 34.5 Å². The molecule has 0 radical (unpaired) electrons. The van der Waals surface area contributed by atoms with E-state index in [-0.39, 0.29) is 97.0 Å². The summed E-state index contributed by atoms with van der Waals surface area (Å²) in [5.41, 5.74) is 14.0. The highest BCUT2D eigenvalue weighted by molar-refractivity contribution is 7.16. The van der Waals surface area contributed by atoms with E-state index in [1.54, 1.807) is 92.7 Å². The van der Waals surface area contributed by atoms with E-state index in [2.05, 4.69) is 26.6 Å². The number of likely N-dealkylation sites (N-methyl/N-ethyl adjacent to an activating group) is 2. The second-order valence-corrected chi connectivity index (χ2v) is 27.2. The number of fused-ring (bicyclic) bond motifs is 6. The lowest BCUT2D eigenvalue weighted by atomic mass is 9.95. The third kappa shape index (κ3) is 17.9. The Morgan fingerprint density at radius 2 is 1.21 bits per heavy atom. The van der Waals surface area contributed by atoms with Gasteiger partial charge in [-0.1, -0.05) is 74.5 Å². The van der Waals surface area contributed by atoms with Gasteiger partial charge in [0.15, 0.2) is 6.10 Å². The quantitative estimate of drug-likeness (QED) is 0.0200. The van der Waals surface area contributed by atoms with E-state index < -0.39 is 114 Å². The monoisotopic (exact) mass is 1470 g/mol. The summed E-state index contributed by atoms with van der Waals surface area (Å²) >= 11 is 14.2. The molecule has 10 atom stereocenters. The van der Waals surface area contributed by atoms with Crippen LogP contribution in [0, 0.1) is 5.92 Å². The maximum Gasteiger partial charge on any atom is 0.415 e. The van der Waals surface area contributed by atoms with Crippen LogP contribution in [0.4, 0.5) is 31.4 Å². The van der Waals surface area contributed by atoms with E-state index >= 15 is 0 Å². The minimum atomic E-state index is -1.95. The SMILES string of the molecule is CC(=O)N[C@@H](CCCCN)C(=O)N[C@H](C(=O)N[C@@H](CCCNC(N)=O)C(=O)Nc1ccc(COC(=O)N(C)CCN(C)C(=O)Oc2cc3c(c4ccccc24)[C@H](CCl)CN3C(=O)c2ccc(C(=O)N3C[C@@H](CCl)c4c3cc(O[C@@H]3O[C@H](C(=O)O)[C@@H](O)[C@H](O)[C@H]3O)c3ccccc43)s2)cc1)C(C)C. The van der Waals surface area contributed by atoms with Gasteiger partial charge in [0.05, 0.1) is 21.1 Å². The predicted molar refractivity (Wildman–Crippen MR) is 380 cm³/mol. The molecule has 0 aliphatic carbocycles. The number of carbonyl (C=O) groups is 10. The number of carboxylic acids is 1. The third-order valence-corrected chi connectivity index (χ3v) is 19.7. The molecule has 1 saturated heterocycles. The van der Waals surface area contributed by atoms with Gasteiger partial charge in [-0.25, -0.2) is 19.2 Å². The van der Waals surface area contributed by atoms with Gasteiger partial charge in [-0.2, -0.15) is 0 Å². The number of carbonyl (C=O) groups excluding carboxylic acids is 9. The standard InChI is InChI=1S/C70H83Cl2N11O18S/c1-36(2)56(79-62(89)46(76-37(3)84)17-10-11-25-73)63(90)78-47(18-12-26-75-68(74)95)61(88)77-41-21-19-38(20-22-41)35-98-69(96)80(4)27-28-81(5)70(97)100-51-30-49-55(45-16-9-7-14-43(45)51)40(32-72)34-83(49)65(92)53-24-23-52(102-53)64(91)82-33-39(31-71)54-44-15-8-6-13-42(44)50(29-48(54)82)99-67-59(87)57(85)58(86)60(101-67)66(93)94/h6-9,13-16,19-24,29-30,36,39-40,46-47,56-60,67,85-87H,10-12,17-18,25-28,31-35,73H2,1-5H3,(H,76,84)(H,77,88)(H,78,90)(H,79,89)(H,93,94)(H3,74,75,95)/t39-,40-,46+,47+,56+,57+,58+,59-,60+,67-/m1/s1. The van der Waals surface area contributed by atoms with Gasteiger partial charge in [0.1, 0.15) is 54.5 Å². The number of benzene rings is 5. The van der Waals surface area contributed by atoms with Gasteiger partial charge in [0, 0.05) is 106 Å². The molecule has 0 unspecified atom stereocenters. The fourth-order valence-electron chi connectivity index (χ4n) is 12.4. The van der Waals surface area contributed by atoms with Crippen molar-refractivity contribution in [2.75, 3.05) is 80.2 Å². The Bertz CT molecular complexity index is 4110. The number of amides is 10. The third-order valence-electron chi connectivity index (χ3n) is 17.9. The number of anilines is 3. The maximum absolute atomic E-state index is 14.8. The Morgan fingerprint density at radius 3 is 1.75 bits per heavy atom. The van der Waals surface area contributed by atoms with Crippen molar-refractivity contribution in [3.05, 3.63) is 124 Å². The second kappa shape index (κ2) is 34.5. The Morgan fingerprint density at radius 1 is 0.667 bits per heavy atom. The Balaban J connectivity index is 0.815. The fourth-order valence-corrected chi connectivity index (χ4v) is 13.8. The summed E-state index contributed by atoms with van der Waals surface area (Å²) in [7, 11) is 2.98. The molecule has 0 saturated carbocycles. The van der Waals surface area contributed by atoms with Gasteiger partial charge >= 0.3 is 24.2 Å². The van der Waals surface area contributed by atoms with Gasteiger partial charge in [0.25, 0.3) is 11.8 Å². The number of nitrogens with two attached hydrogens (primary N) is 2. The molecule has 32 heteroatoms. The number of rotatable bonds is 29. The zero-order valence-electron chi connectivity index (χ0n) is 56.6. The van der Waals surface area contributed by atoms with Crippen LogP contribution in [0.2, 0.25) is 0 Å². The minimum Gasteiger partial charge on any atom is -0.479 e. The Kier molecular flexibility index (Phi) is 26.0. The lowest BCUT2D eigenvalue weighted by Gasteiger charge is -2.38. The number of ether oxygens (including phenoxy) is 4. The van der Waals surface area contributed by atoms with Crippen molar-refractivity contribution in [1.29, 1.82) is 0 Å². The number of aliphatic hydroxyl groups is 3. The number of hydrogen-bond donors (Lipinski definition) is 11. The molecule has 1 fully saturated rings. The largest absolute Gasteiger partial charge is 0.479 e. The Hall–Kier alpha value is -9.40. The van der Waals surface area contributed by atoms with E-state index in [1.165, 1.54) is 46.7 Å². The number of alkyl halides is 2. The van der Waals surface area contributed by atoms with Crippen molar-refractivity contribution < 1.29 is 87.3 Å². The lowest BCUT2D eigenvalue weighted by Crippen LogP contribution is -2.61. The molecule has 4 heterocycles. The highest BCUT2D eigenvalue weighted by Gasteiger charge is 2.49. The number of thiophene rings is 1. The number of hydrogen-bond acceptors (Lipinski definition) is 19. The zero-order valence-corrected chi connectivity index (χ0v) is 58.9. The van der Waals surface area contributed by atoms with Crippen LogP contribution in [-0.2, 0) is 40.1 Å². The van der Waals surface area contributed by atoms with Crippen LogP contribution in [0.5, 0.6) is 11.5 Å². The first-order valence-electron chi connectivity index (χ1n) is 33.1. The van der Waals surface area contributed by atoms with Crippen molar-refractivity contribution in [2.24, 2.45) is 17.4 Å². The van der Waals surface area contributed by atoms with Crippen molar-refractivity contribution in [2.45, 2.75) is 120 Å². The van der Waals surface area contributed by atoms with E-state index in [1.807, 2.05) is 12.1 Å². The number of aliphatic hydroxyl groups excluding tert-OH is 3. The summed E-state index contributed by atoms with van der Waals surface area (Å²) in [4.78, 5) is 139. The smallest absolute Gasteiger partial charge is 0.415 e. The first-order chi connectivity index (χ1) is 48.7. The molecule has 0 spiro atoms. The van der Waals surface area contributed by atoms with Crippen LogP contribution in [0.3, 0.4) is 0 Å².